The van der Waals surface area contributed by atoms with Crippen LogP contribution in [0.1, 0.15) is 35.0 Å². The number of rotatable bonds is 7. The summed E-state index contributed by atoms with van der Waals surface area (Å²) in [5.74, 6) is 0.955. The highest BCUT2D eigenvalue weighted by atomic mass is 127. The molecular formula is C22H29IN4OS. The number of aliphatic imine (C=N–C) groups is 1. The molecule has 1 aromatic carbocycles. The number of hydrogen-bond donors (Lipinski definition) is 2. The second-order valence-corrected chi connectivity index (χ2v) is 7.56. The number of amides is 1. The Morgan fingerprint density at radius 1 is 1.17 bits per heavy atom. The third-order valence-corrected chi connectivity index (χ3v) is 5.48. The van der Waals surface area contributed by atoms with Crippen molar-refractivity contribution in [3.05, 3.63) is 64.4 Å². The van der Waals surface area contributed by atoms with Crippen LogP contribution in [0.5, 0.6) is 0 Å². The van der Waals surface area contributed by atoms with Crippen molar-refractivity contribution >= 4 is 52.8 Å². The number of hydrogen-bond acceptors (Lipinski definition) is 3. The lowest BCUT2D eigenvalue weighted by atomic mass is 10.00. The lowest BCUT2D eigenvalue weighted by molar-refractivity contribution is 0.0957. The fourth-order valence-corrected chi connectivity index (χ4v) is 3.80. The topological polar surface area (TPSA) is 56.7 Å². The number of halogens is 1. The summed E-state index contributed by atoms with van der Waals surface area (Å²) in [6, 6.07) is 14.3. The van der Waals surface area contributed by atoms with Gasteiger partial charge >= 0.3 is 0 Å². The molecule has 0 atom stereocenters. The summed E-state index contributed by atoms with van der Waals surface area (Å²) in [7, 11) is 0. The predicted molar refractivity (Wildman–Crippen MR) is 133 cm³/mol. The Morgan fingerprint density at radius 3 is 2.66 bits per heavy atom. The van der Waals surface area contributed by atoms with E-state index in [-0.39, 0.29) is 29.9 Å². The molecule has 5 nitrogen and oxygen atoms in total. The minimum atomic E-state index is 0. The molecule has 0 radical (unpaired) electrons. The first kappa shape index (κ1) is 23.4. The largest absolute Gasteiger partial charge is 0.357 e. The normalized spacial score (nSPS) is 14.0. The van der Waals surface area contributed by atoms with Crippen molar-refractivity contribution in [1.82, 2.24) is 15.5 Å². The molecule has 0 fully saturated rings. The molecule has 2 aromatic rings. The van der Waals surface area contributed by atoms with Crippen LogP contribution < -0.4 is 10.6 Å². The van der Waals surface area contributed by atoms with E-state index in [9.17, 15) is 4.79 Å². The Labute approximate surface area is 194 Å². The zero-order valence-corrected chi connectivity index (χ0v) is 19.9. The van der Waals surface area contributed by atoms with Gasteiger partial charge in [0.15, 0.2) is 5.96 Å². The highest BCUT2D eigenvalue weighted by Gasteiger charge is 2.16. The summed E-state index contributed by atoms with van der Waals surface area (Å²) in [6.45, 7) is 6.09. The summed E-state index contributed by atoms with van der Waals surface area (Å²) >= 11 is 1.46. The predicted octanol–water partition coefficient (Wildman–Crippen LogP) is 4.24. The summed E-state index contributed by atoms with van der Waals surface area (Å²) in [4.78, 5) is 19.7. The number of thiophene rings is 1. The molecule has 156 valence electrons. The number of carbonyl (C=O) groups excluding carboxylic acids is 1. The van der Waals surface area contributed by atoms with Crippen LogP contribution in [-0.2, 0) is 0 Å². The van der Waals surface area contributed by atoms with Gasteiger partial charge in [-0.1, -0.05) is 42.5 Å². The van der Waals surface area contributed by atoms with Crippen LogP contribution in [0.2, 0.25) is 0 Å². The minimum absolute atomic E-state index is 0. The second kappa shape index (κ2) is 12.6. The van der Waals surface area contributed by atoms with Crippen molar-refractivity contribution < 1.29 is 4.79 Å². The van der Waals surface area contributed by atoms with Crippen LogP contribution in [-0.4, -0.2) is 49.5 Å². The molecule has 1 amide bonds. The molecule has 1 aliphatic rings. The lowest BCUT2D eigenvalue weighted by Crippen LogP contribution is -2.43. The molecule has 3 rings (SSSR count). The van der Waals surface area contributed by atoms with E-state index in [1.807, 2.05) is 17.5 Å². The fraction of sp³-hybridized carbons (Fsp3) is 0.364. The maximum Gasteiger partial charge on any atom is 0.261 e. The van der Waals surface area contributed by atoms with Gasteiger partial charge in [0.1, 0.15) is 0 Å². The molecule has 0 bridgehead atoms. The first-order chi connectivity index (χ1) is 13.8. The molecule has 29 heavy (non-hydrogen) atoms. The van der Waals surface area contributed by atoms with E-state index < -0.39 is 0 Å². The fourth-order valence-electron chi connectivity index (χ4n) is 3.16. The van der Waals surface area contributed by atoms with Gasteiger partial charge in [-0.25, -0.2) is 0 Å². The molecule has 0 aliphatic carbocycles. The van der Waals surface area contributed by atoms with Gasteiger partial charge in [-0.3, -0.25) is 9.79 Å². The zero-order chi connectivity index (χ0) is 19.6. The summed E-state index contributed by atoms with van der Waals surface area (Å²) < 4.78 is 0. The van der Waals surface area contributed by atoms with E-state index in [1.54, 1.807) is 0 Å². The second-order valence-electron chi connectivity index (χ2n) is 6.61. The van der Waals surface area contributed by atoms with Crippen LogP contribution in [0, 0.1) is 0 Å². The molecule has 2 N–H and O–H groups in total. The zero-order valence-electron chi connectivity index (χ0n) is 16.8. The number of nitrogens with zero attached hydrogens (tertiary/aromatic N) is 2. The standard InChI is InChI=1S/C22H28N4OS.HI/c1-2-23-22(25-14-7-13-24-21(27)20-10-6-17-28-20)26-15-11-19(12-16-26)18-8-4-3-5-9-18;/h3-6,8-11,17H,2,7,12-16H2,1H3,(H,23,25)(H,24,27);1H. The van der Waals surface area contributed by atoms with E-state index in [2.05, 4.69) is 58.9 Å². The van der Waals surface area contributed by atoms with Gasteiger partial charge in [0.05, 0.1) is 4.88 Å². The molecule has 0 unspecified atom stereocenters. The van der Waals surface area contributed by atoms with Crippen molar-refractivity contribution in [3.63, 3.8) is 0 Å². The maximum absolute atomic E-state index is 11.9. The lowest BCUT2D eigenvalue weighted by Gasteiger charge is -2.30. The van der Waals surface area contributed by atoms with Gasteiger partial charge in [0, 0.05) is 32.7 Å². The number of carbonyl (C=O) groups is 1. The van der Waals surface area contributed by atoms with Crippen molar-refractivity contribution in [2.75, 3.05) is 32.7 Å². The Kier molecular flexibility index (Phi) is 10.2. The summed E-state index contributed by atoms with van der Waals surface area (Å²) in [5.41, 5.74) is 2.72. The van der Waals surface area contributed by atoms with E-state index in [0.717, 1.165) is 43.3 Å². The molecule has 2 heterocycles. The van der Waals surface area contributed by atoms with Crippen molar-refractivity contribution in [3.8, 4) is 0 Å². The quantitative estimate of drug-likeness (QED) is 0.247. The van der Waals surface area contributed by atoms with E-state index in [1.165, 1.54) is 22.5 Å². The maximum atomic E-state index is 11.9. The van der Waals surface area contributed by atoms with E-state index in [4.69, 9.17) is 4.99 Å². The minimum Gasteiger partial charge on any atom is -0.357 e. The van der Waals surface area contributed by atoms with Gasteiger partial charge < -0.3 is 15.5 Å². The molecule has 7 heteroatoms. The average molecular weight is 524 g/mol. The van der Waals surface area contributed by atoms with Crippen LogP contribution >= 0.6 is 35.3 Å². The highest BCUT2D eigenvalue weighted by molar-refractivity contribution is 14.0. The number of benzene rings is 1. The van der Waals surface area contributed by atoms with E-state index >= 15 is 0 Å². The van der Waals surface area contributed by atoms with Crippen LogP contribution in [0.3, 0.4) is 0 Å². The monoisotopic (exact) mass is 524 g/mol. The third kappa shape index (κ3) is 7.15. The van der Waals surface area contributed by atoms with Crippen LogP contribution in [0.4, 0.5) is 0 Å². The first-order valence-electron chi connectivity index (χ1n) is 9.87. The van der Waals surface area contributed by atoms with Gasteiger partial charge in [-0.15, -0.1) is 35.3 Å². The Hall–Kier alpha value is -1.87. The molecule has 1 aliphatic heterocycles. The molecule has 0 saturated heterocycles. The van der Waals surface area contributed by atoms with Crippen LogP contribution in [0.15, 0.2) is 58.9 Å². The Balaban J connectivity index is 0.00000300. The van der Waals surface area contributed by atoms with Gasteiger partial charge in [-0.05, 0) is 42.3 Å². The molecule has 1 aromatic heterocycles. The Bertz CT molecular complexity index is 805. The number of guanidine groups is 1. The van der Waals surface area contributed by atoms with Crippen molar-refractivity contribution in [2.24, 2.45) is 4.99 Å². The average Bonchev–Trinajstić information content (AvgIpc) is 3.28. The molecule has 0 saturated carbocycles. The van der Waals surface area contributed by atoms with Crippen molar-refractivity contribution in [1.29, 1.82) is 0 Å². The van der Waals surface area contributed by atoms with Crippen molar-refractivity contribution in [2.45, 2.75) is 19.8 Å². The highest BCUT2D eigenvalue weighted by Crippen LogP contribution is 2.21. The first-order valence-corrected chi connectivity index (χ1v) is 10.8. The SMILES string of the molecule is CCNC(=NCCCNC(=O)c1cccs1)N1CC=C(c2ccccc2)CC1.I. The Morgan fingerprint density at radius 2 is 2.00 bits per heavy atom. The third-order valence-electron chi connectivity index (χ3n) is 4.62. The van der Waals surface area contributed by atoms with Gasteiger partial charge in [0.25, 0.3) is 5.91 Å². The summed E-state index contributed by atoms with van der Waals surface area (Å²) in [5, 5.41) is 8.26. The molecular weight excluding hydrogens is 495 g/mol. The number of nitrogens with one attached hydrogen (secondary N) is 2. The smallest absolute Gasteiger partial charge is 0.261 e. The van der Waals surface area contributed by atoms with Gasteiger partial charge in [0.2, 0.25) is 0 Å². The summed E-state index contributed by atoms with van der Waals surface area (Å²) in [6.07, 6.45) is 4.14. The van der Waals surface area contributed by atoms with Gasteiger partial charge in [-0.2, -0.15) is 0 Å². The van der Waals surface area contributed by atoms with E-state index in [0.29, 0.717) is 13.1 Å². The molecule has 0 spiro atoms. The van der Waals surface area contributed by atoms with Crippen LogP contribution in [0.25, 0.3) is 5.57 Å².